The van der Waals surface area contributed by atoms with Gasteiger partial charge in [-0.2, -0.15) is 0 Å². The van der Waals surface area contributed by atoms with Crippen molar-refractivity contribution < 1.29 is 9.52 Å². The van der Waals surface area contributed by atoms with Crippen LogP contribution in [0.2, 0.25) is 0 Å². The lowest BCUT2D eigenvalue weighted by Gasteiger charge is -2.40. The molecule has 0 saturated heterocycles. The lowest BCUT2D eigenvalue weighted by atomic mass is 9.69. The number of rotatable bonds is 1. The first-order valence-electron chi connectivity index (χ1n) is 5.28. The van der Waals surface area contributed by atoms with Crippen LogP contribution in [0.4, 0.5) is 0 Å². The van der Waals surface area contributed by atoms with Gasteiger partial charge < -0.3 is 9.52 Å². The SMILES string of the molecule is CC1(C)CCCC(O)(c2ccco2)C1. The molecule has 0 amide bonds. The van der Waals surface area contributed by atoms with Gasteiger partial charge in [0.2, 0.25) is 0 Å². The summed E-state index contributed by atoms with van der Waals surface area (Å²) >= 11 is 0. The third-order valence-corrected chi connectivity index (χ3v) is 3.19. The largest absolute Gasteiger partial charge is 0.466 e. The summed E-state index contributed by atoms with van der Waals surface area (Å²) in [5.41, 5.74) is -0.509. The van der Waals surface area contributed by atoms with Crippen molar-refractivity contribution in [3.05, 3.63) is 24.2 Å². The third-order valence-electron chi connectivity index (χ3n) is 3.19. The van der Waals surface area contributed by atoms with E-state index in [1.807, 2.05) is 12.1 Å². The first kappa shape index (κ1) is 9.78. The Hall–Kier alpha value is -0.760. The quantitative estimate of drug-likeness (QED) is 0.745. The summed E-state index contributed by atoms with van der Waals surface area (Å²) in [7, 11) is 0. The maximum atomic E-state index is 10.5. The second kappa shape index (κ2) is 3.13. The molecule has 2 heteroatoms. The van der Waals surface area contributed by atoms with E-state index in [-0.39, 0.29) is 5.41 Å². The number of hydrogen-bond acceptors (Lipinski definition) is 2. The lowest BCUT2D eigenvalue weighted by molar-refractivity contribution is -0.0594. The smallest absolute Gasteiger partial charge is 0.135 e. The fraction of sp³-hybridized carbons (Fsp3) is 0.667. The molecule has 1 heterocycles. The molecule has 1 atom stereocenters. The van der Waals surface area contributed by atoms with E-state index in [1.165, 1.54) is 6.42 Å². The zero-order valence-corrected chi connectivity index (χ0v) is 8.92. The minimum absolute atomic E-state index is 0.222. The Morgan fingerprint density at radius 1 is 1.36 bits per heavy atom. The van der Waals surface area contributed by atoms with Crippen molar-refractivity contribution in [2.24, 2.45) is 5.41 Å². The molecule has 1 N–H and O–H groups in total. The average molecular weight is 194 g/mol. The maximum absolute atomic E-state index is 10.5. The molecule has 14 heavy (non-hydrogen) atoms. The van der Waals surface area contributed by atoms with E-state index in [4.69, 9.17) is 4.42 Å². The molecule has 0 bridgehead atoms. The molecule has 0 radical (unpaired) electrons. The predicted octanol–water partition coefficient (Wildman–Crippen LogP) is 3.07. The molecule has 2 rings (SSSR count). The maximum Gasteiger partial charge on any atom is 0.135 e. The van der Waals surface area contributed by atoms with Gasteiger partial charge in [0.05, 0.1) is 6.26 Å². The van der Waals surface area contributed by atoms with E-state index in [2.05, 4.69) is 13.8 Å². The van der Waals surface area contributed by atoms with Gasteiger partial charge in [-0.15, -0.1) is 0 Å². The van der Waals surface area contributed by atoms with Gasteiger partial charge in [-0.3, -0.25) is 0 Å². The van der Waals surface area contributed by atoms with Crippen LogP contribution in [0.5, 0.6) is 0 Å². The monoisotopic (exact) mass is 194 g/mol. The highest BCUT2D eigenvalue weighted by Crippen LogP contribution is 2.46. The van der Waals surface area contributed by atoms with Crippen molar-refractivity contribution in [1.29, 1.82) is 0 Å². The highest BCUT2D eigenvalue weighted by atomic mass is 16.4. The Balaban J connectivity index is 2.24. The fourth-order valence-corrected chi connectivity index (χ4v) is 2.58. The van der Waals surface area contributed by atoms with Crippen LogP contribution in [0.15, 0.2) is 22.8 Å². The molecule has 0 spiro atoms. The van der Waals surface area contributed by atoms with Gasteiger partial charge in [-0.25, -0.2) is 0 Å². The Morgan fingerprint density at radius 2 is 2.14 bits per heavy atom. The second-order valence-electron chi connectivity index (χ2n) is 5.20. The summed E-state index contributed by atoms with van der Waals surface area (Å²) in [6.45, 7) is 4.42. The van der Waals surface area contributed by atoms with Crippen LogP contribution in [-0.4, -0.2) is 5.11 Å². The third kappa shape index (κ3) is 1.71. The van der Waals surface area contributed by atoms with Gasteiger partial charge in [-0.1, -0.05) is 13.8 Å². The zero-order valence-electron chi connectivity index (χ0n) is 8.92. The summed E-state index contributed by atoms with van der Waals surface area (Å²) in [5.74, 6) is 0.727. The van der Waals surface area contributed by atoms with Crippen molar-refractivity contribution in [2.75, 3.05) is 0 Å². The van der Waals surface area contributed by atoms with Gasteiger partial charge in [-0.05, 0) is 43.2 Å². The Bertz CT molecular complexity index is 300. The zero-order chi connectivity index (χ0) is 10.2. The van der Waals surface area contributed by atoms with Crippen molar-refractivity contribution >= 4 is 0 Å². The van der Waals surface area contributed by atoms with Gasteiger partial charge in [0.15, 0.2) is 0 Å². The molecule has 1 aromatic heterocycles. The van der Waals surface area contributed by atoms with Crippen LogP contribution >= 0.6 is 0 Å². The summed E-state index contributed by atoms with van der Waals surface area (Å²) in [4.78, 5) is 0. The van der Waals surface area contributed by atoms with Gasteiger partial charge in [0.1, 0.15) is 11.4 Å². The molecule has 78 valence electrons. The van der Waals surface area contributed by atoms with Crippen molar-refractivity contribution in [2.45, 2.75) is 45.1 Å². The van der Waals surface area contributed by atoms with Crippen LogP contribution in [-0.2, 0) is 5.60 Å². The van der Waals surface area contributed by atoms with Crippen LogP contribution in [0.1, 0.15) is 45.3 Å². The van der Waals surface area contributed by atoms with Crippen LogP contribution < -0.4 is 0 Å². The standard InChI is InChI=1S/C12H18O2/c1-11(2)6-4-7-12(13,9-11)10-5-3-8-14-10/h3,5,8,13H,4,6-7,9H2,1-2H3. The van der Waals surface area contributed by atoms with Crippen molar-refractivity contribution in [3.63, 3.8) is 0 Å². The summed E-state index contributed by atoms with van der Waals surface area (Å²) < 4.78 is 5.32. The van der Waals surface area contributed by atoms with Crippen LogP contribution in [0.3, 0.4) is 0 Å². The lowest BCUT2D eigenvalue weighted by Crippen LogP contribution is -2.36. The first-order chi connectivity index (χ1) is 6.52. The molecule has 1 aromatic rings. The molecule has 1 fully saturated rings. The minimum atomic E-state index is -0.731. The van der Waals surface area contributed by atoms with Gasteiger partial charge in [0, 0.05) is 0 Å². The van der Waals surface area contributed by atoms with Crippen molar-refractivity contribution in [3.8, 4) is 0 Å². The molecular weight excluding hydrogens is 176 g/mol. The highest BCUT2D eigenvalue weighted by molar-refractivity contribution is 5.11. The first-order valence-corrected chi connectivity index (χ1v) is 5.28. The highest BCUT2D eigenvalue weighted by Gasteiger charge is 2.41. The number of furan rings is 1. The molecule has 0 aromatic carbocycles. The topological polar surface area (TPSA) is 33.4 Å². The number of hydrogen-bond donors (Lipinski definition) is 1. The minimum Gasteiger partial charge on any atom is -0.466 e. The van der Waals surface area contributed by atoms with E-state index in [9.17, 15) is 5.11 Å². The summed E-state index contributed by atoms with van der Waals surface area (Å²) in [5, 5.41) is 10.5. The fourth-order valence-electron chi connectivity index (χ4n) is 2.58. The summed E-state index contributed by atoms with van der Waals surface area (Å²) in [6.07, 6.45) is 5.52. The second-order valence-corrected chi connectivity index (χ2v) is 5.20. The molecule has 1 aliphatic rings. The Kier molecular flexibility index (Phi) is 2.18. The normalized spacial score (nSPS) is 31.6. The van der Waals surface area contributed by atoms with E-state index in [1.54, 1.807) is 6.26 Å². The van der Waals surface area contributed by atoms with E-state index in [0.717, 1.165) is 25.0 Å². The molecule has 1 aliphatic carbocycles. The van der Waals surface area contributed by atoms with E-state index >= 15 is 0 Å². The van der Waals surface area contributed by atoms with Gasteiger partial charge in [0.25, 0.3) is 0 Å². The molecule has 1 saturated carbocycles. The molecule has 1 unspecified atom stereocenters. The van der Waals surface area contributed by atoms with E-state index < -0.39 is 5.60 Å². The van der Waals surface area contributed by atoms with Crippen LogP contribution in [0, 0.1) is 5.41 Å². The number of aliphatic hydroxyl groups is 1. The Morgan fingerprint density at radius 3 is 2.71 bits per heavy atom. The van der Waals surface area contributed by atoms with Gasteiger partial charge >= 0.3 is 0 Å². The van der Waals surface area contributed by atoms with Crippen LogP contribution in [0.25, 0.3) is 0 Å². The molecule has 2 nitrogen and oxygen atoms in total. The van der Waals surface area contributed by atoms with Crippen molar-refractivity contribution in [1.82, 2.24) is 0 Å². The molecule has 0 aliphatic heterocycles. The molecular formula is C12H18O2. The summed E-state index contributed by atoms with van der Waals surface area (Å²) in [6, 6.07) is 3.72. The predicted molar refractivity (Wildman–Crippen MR) is 54.9 cm³/mol. The van der Waals surface area contributed by atoms with E-state index in [0.29, 0.717) is 0 Å². The Labute approximate surface area is 84.9 Å². The average Bonchev–Trinajstić information content (AvgIpc) is 2.52.